The van der Waals surface area contributed by atoms with Crippen LogP contribution < -0.4 is 0 Å². The first-order valence-electron chi connectivity index (χ1n) is 9.07. The van der Waals surface area contributed by atoms with E-state index >= 15 is 0 Å². The predicted molar refractivity (Wildman–Crippen MR) is 100 cm³/mol. The number of hydrogen-bond donors (Lipinski definition) is 0. The molecule has 1 amide bonds. The number of nitrogens with zero attached hydrogens (tertiary/aromatic N) is 1. The summed E-state index contributed by atoms with van der Waals surface area (Å²) < 4.78 is 21.2. The normalized spacial score (nSPS) is 16.1. The number of esters is 1. The zero-order valence-electron chi connectivity index (χ0n) is 15.5. The number of cyclic esters (lactones) is 1. The van der Waals surface area contributed by atoms with Gasteiger partial charge in [0.05, 0.1) is 26.4 Å². The maximum absolute atomic E-state index is 12.3. The van der Waals surface area contributed by atoms with Gasteiger partial charge in [0.15, 0.2) is 12.8 Å². The summed E-state index contributed by atoms with van der Waals surface area (Å²) >= 11 is 0. The van der Waals surface area contributed by atoms with Crippen LogP contribution in [0, 0.1) is 0 Å². The van der Waals surface area contributed by atoms with E-state index in [1.165, 1.54) is 4.90 Å². The van der Waals surface area contributed by atoms with Crippen LogP contribution in [-0.4, -0.2) is 49.6 Å². The molecule has 0 saturated carbocycles. The maximum atomic E-state index is 12.3. The van der Waals surface area contributed by atoms with Gasteiger partial charge >= 0.3 is 12.1 Å². The van der Waals surface area contributed by atoms with Gasteiger partial charge in [0.25, 0.3) is 0 Å². The van der Waals surface area contributed by atoms with Crippen molar-refractivity contribution in [2.75, 3.05) is 26.6 Å². The van der Waals surface area contributed by atoms with Crippen molar-refractivity contribution < 1.29 is 28.5 Å². The molecule has 0 N–H and O–H groups in total. The van der Waals surface area contributed by atoms with Crippen LogP contribution in [-0.2, 0) is 37.0 Å². The lowest BCUT2D eigenvalue weighted by Crippen LogP contribution is -2.41. The van der Waals surface area contributed by atoms with Crippen molar-refractivity contribution >= 4 is 12.1 Å². The fourth-order valence-electron chi connectivity index (χ4n) is 2.66. The molecule has 7 heteroatoms. The van der Waals surface area contributed by atoms with Crippen LogP contribution in [0.15, 0.2) is 60.7 Å². The second kappa shape index (κ2) is 10.4. The minimum Gasteiger partial charge on any atom is -0.444 e. The van der Waals surface area contributed by atoms with Crippen LogP contribution >= 0.6 is 0 Å². The van der Waals surface area contributed by atoms with Crippen LogP contribution in [0.1, 0.15) is 11.1 Å². The number of ether oxygens (including phenoxy) is 4. The average molecular weight is 385 g/mol. The highest BCUT2D eigenvalue weighted by atomic mass is 16.6. The van der Waals surface area contributed by atoms with Crippen LogP contribution in [0.2, 0.25) is 0 Å². The van der Waals surface area contributed by atoms with Crippen LogP contribution in [0.4, 0.5) is 4.79 Å². The third-order valence-electron chi connectivity index (χ3n) is 4.19. The van der Waals surface area contributed by atoms with Gasteiger partial charge in [0, 0.05) is 0 Å². The minimum absolute atomic E-state index is 0.0357. The molecule has 28 heavy (non-hydrogen) atoms. The molecular formula is C21H23NO6. The molecule has 2 aromatic carbocycles. The molecule has 0 aliphatic carbocycles. The second-order valence-electron chi connectivity index (χ2n) is 6.23. The summed E-state index contributed by atoms with van der Waals surface area (Å²) in [6.07, 6.45) is -0.608. The largest absolute Gasteiger partial charge is 0.444 e. The summed E-state index contributed by atoms with van der Waals surface area (Å²) in [6.45, 7) is 1.22. The average Bonchev–Trinajstić information content (AvgIpc) is 3.11. The zero-order chi connectivity index (χ0) is 19.6. The van der Waals surface area contributed by atoms with Gasteiger partial charge in [-0.25, -0.2) is 9.59 Å². The molecule has 0 spiro atoms. The van der Waals surface area contributed by atoms with Crippen LogP contribution in [0.3, 0.4) is 0 Å². The van der Waals surface area contributed by atoms with E-state index in [1.54, 1.807) is 0 Å². The molecule has 0 radical (unpaired) electrons. The van der Waals surface area contributed by atoms with Gasteiger partial charge in [-0.3, -0.25) is 4.90 Å². The first kappa shape index (κ1) is 19.9. The monoisotopic (exact) mass is 385 g/mol. The summed E-state index contributed by atoms with van der Waals surface area (Å²) in [5.74, 6) is -0.498. The third kappa shape index (κ3) is 5.80. The van der Waals surface area contributed by atoms with E-state index in [0.717, 1.165) is 11.1 Å². The Morgan fingerprint density at radius 3 is 2.21 bits per heavy atom. The third-order valence-corrected chi connectivity index (χ3v) is 4.19. The number of carbonyl (C=O) groups excluding carboxylic acids is 2. The van der Waals surface area contributed by atoms with Gasteiger partial charge in [-0.15, -0.1) is 0 Å². The number of benzene rings is 2. The molecule has 1 aliphatic heterocycles. The smallest absolute Gasteiger partial charge is 0.413 e. The number of carbonyl (C=O) groups is 2. The fraction of sp³-hybridized carbons (Fsp3) is 0.333. The molecule has 1 atom stereocenters. The summed E-state index contributed by atoms with van der Waals surface area (Å²) in [7, 11) is 0. The van der Waals surface area contributed by atoms with Crippen LogP contribution in [0.25, 0.3) is 0 Å². The summed E-state index contributed by atoms with van der Waals surface area (Å²) in [6, 6.07) is 18.3. The van der Waals surface area contributed by atoms with Gasteiger partial charge in [-0.2, -0.15) is 0 Å². The number of rotatable bonds is 9. The molecule has 1 heterocycles. The number of amides is 1. The predicted octanol–water partition coefficient (Wildman–Crippen LogP) is 2.74. The lowest BCUT2D eigenvalue weighted by molar-refractivity contribution is -0.140. The number of hydrogen-bond acceptors (Lipinski definition) is 6. The highest BCUT2D eigenvalue weighted by Crippen LogP contribution is 2.14. The Morgan fingerprint density at radius 1 is 0.929 bits per heavy atom. The summed E-state index contributed by atoms with van der Waals surface area (Å²) in [4.78, 5) is 25.4. The molecule has 0 unspecified atom stereocenters. The molecule has 2 aromatic rings. The highest BCUT2D eigenvalue weighted by Gasteiger charge is 2.39. The van der Waals surface area contributed by atoms with E-state index < -0.39 is 18.1 Å². The Labute approximate surface area is 163 Å². The molecular weight excluding hydrogens is 362 g/mol. The van der Waals surface area contributed by atoms with E-state index in [4.69, 9.17) is 18.9 Å². The van der Waals surface area contributed by atoms with Gasteiger partial charge in [0.1, 0.15) is 6.61 Å². The molecule has 7 nitrogen and oxygen atoms in total. The SMILES string of the molecule is O=C1OCN(C(=O)OCc2ccccc2)[C@H]1COCCOCc1ccccc1. The van der Waals surface area contributed by atoms with E-state index in [2.05, 4.69) is 0 Å². The van der Waals surface area contributed by atoms with Crippen molar-refractivity contribution in [3.05, 3.63) is 71.8 Å². The van der Waals surface area contributed by atoms with Gasteiger partial charge in [-0.1, -0.05) is 60.7 Å². The van der Waals surface area contributed by atoms with Gasteiger partial charge in [-0.05, 0) is 11.1 Å². The first-order valence-corrected chi connectivity index (χ1v) is 9.07. The molecule has 3 rings (SSSR count). The van der Waals surface area contributed by atoms with Crippen molar-refractivity contribution in [2.24, 2.45) is 0 Å². The Bertz CT molecular complexity index is 752. The molecule has 1 fully saturated rings. The van der Waals surface area contributed by atoms with Crippen molar-refractivity contribution in [3.8, 4) is 0 Å². The standard InChI is InChI=1S/C21H23NO6/c23-20-19(15-26-12-11-25-13-17-7-3-1-4-8-17)22(16-28-20)21(24)27-14-18-9-5-2-6-10-18/h1-10,19H,11-16H2/t19-/m0/s1. The lowest BCUT2D eigenvalue weighted by atomic mass is 10.2. The maximum Gasteiger partial charge on any atom is 0.413 e. The van der Waals surface area contributed by atoms with Crippen molar-refractivity contribution in [1.82, 2.24) is 4.90 Å². The Balaban J connectivity index is 1.37. The molecule has 0 bridgehead atoms. The van der Waals surface area contributed by atoms with E-state index in [-0.39, 0.29) is 19.9 Å². The first-order chi connectivity index (χ1) is 13.7. The second-order valence-corrected chi connectivity index (χ2v) is 6.23. The van der Waals surface area contributed by atoms with Crippen molar-refractivity contribution in [3.63, 3.8) is 0 Å². The summed E-state index contributed by atoms with van der Waals surface area (Å²) in [5.41, 5.74) is 1.94. The van der Waals surface area contributed by atoms with Gasteiger partial charge < -0.3 is 18.9 Å². The fourth-order valence-corrected chi connectivity index (χ4v) is 2.66. The van der Waals surface area contributed by atoms with Crippen molar-refractivity contribution in [1.29, 1.82) is 0 Å². The summed E-state index contributed by atoms with van der Waals surface area (Å²) in [5, 5.41) is 0. The molecule has 148 valence electrons. The Morgan fingerprint density at radius 2 is 1.54 bits per heavy atom. The minimum atomic E-state index is -0.808. The van der Waals surface area contributed by atoms with E-state index in [9.17, 15) is 9.59 Å². The van der Waals surface area contributed by atoms with Crippen LogP contribution in [0.5, 0.6) is 0 Å². The quantitative estimate of drug-likeness (QED) is 0.488. The Hall–Kier alpha value is -2.90. The lowest BCUT2D eigenvalue weighted by Gasteiger charge is -2.19. The van der Waals surface area contributed by atoms with E-state index in [0.29, 0.717) is 19.8 Å². The zero-order valence-corrected chi connectivity index (χ0v) is 15.5. The van der Waals surface area contributed by atoms with Gasteiger partial charge in [0.2, 0.25) is 0 Å². The molecule has 1 saturated heterocycles. The topological polar surface area (TPSA) is 74.3 Å². The molecule has 0 aromatic heterocycles. The van der Waals surface area contributed by atoms with E-state index in [1.807, 2.05) is 60.7 Å². The van der Waals surface area contributed by atoms with Crippen molar-refractivity contribution in [2.45, 2.75) is 19.3 Å². The highest BCUT2D eigenvalue weighted by molar-refractivity contribution is 5.83. The molecule has 1 aliphatic rings. The Kier molecular flexibility index (Phi) is 7.40.